The van der Waals surface area contributed by atoms with Crippen LogP contribution in [0.2, 0.25) is 0 Å². The molecule has 0 aliphatic carbocycles. The van der Waals surface area contributed by atoms with Crippen molar-refractivity contribution in [3.63, 3.8) is 0 Å². The molecule has 0 saturated carbocycles. The standard InChI is InChI=1S/C17H19N3/c1-3-12-4-7-14(8-5-12)17-19-15-10-13(11-18)6-9-16(15)20(17)2/h4-10H,3,11,18H2,1-2H3. The summed E-state index contributed by atoms with van der Waals surface area (Å²) in [5.74, 6) is 0.997. The lowest BCUT2D eigenvalue weighted by Gasteiger charge is -2.03. The fourth-order valence-electron chi connectivity index (χ4n) is 2.52. The number of aromatic nitrogens is 2. The van der Waals surface area contributed by atoms with E-state index < -0.39 is 0 Å². The molecular formula is C17H19N3. The lowest BCUT2D eigenvalue weighted by atomic mass is 10.1. The minimum absolute atomic E-state index is 0.549. The summed E-state index contributed by atoms with van der Waals surface area (Å²) in [6, 6.07) is 14.8. The third kappa shape index (κ3) is 2.10. The van der Waals surface area contributed by atoms with E-state index in [2.05, 4.69) is 61.0 Å². The number of hydrogen-bond donors (Lipinski definition) is 1. The highest BCUT2D eigenvalue weighted by Gasteiger charge is 2.10. The first-order valence-electron chi connectivity index (χ1n) is 6.97. The molecule has 0 saturated heterocycles. The van der Waals surface area contributed by atoms with Gasteiger partial charge in [-0.2, -0.15) is 0 Å². The highest BCUT2D eigenvalue weighted by molar-refractivity contribution is 5.81. The van der Waals surface area contributed by atoms with Crippen LogP contribution in [0.1, 0.15) is 18.1 Å². The Labute approximate surface area is 119 Å². The molecule has 3 nitrogen and oxygen atoms in total. The maximum absolute atomic E-state index is 5.69. The van der Waals surface area contributed by atoms with E-state index in [4.69, 9.17) is 10.7 Å². The van der Waals surface area contributed by atoms with Crippen LogP contribution in [0.25, 0.3) is 22.4 Å². The van der Waals surface area contributed by atoms with Crippen molar-refractivity contribution in [2.45, 2.75) is 19.9 Å². The zero-order chi connectivity index (χ0) is 14.1. The summed E-state index contributed by atoms with van der Waals surface area (Å²) in [6.07, 6.45) is 1.06. The molecule has 0 radical (unpaired) electrons. The zero-order valence-electron chi connectivity index (χ0n) is 11.9. The minimum Gasteiger partial charge on any atom is -0.327 e. The summed E-state index contributed by atoms with van der Waals surface area (Å²) in [7, 11) is 2.06. The number of fused-ring (bicyclic) bond motifs is 1. The fraction of sp³-hybridized carbons (Fsp3) is 0.235. The number of rotatable bonds is 3. The van der Waals surface area contributed by atoms with Gasteiger partial charge in [0.25, 0.3) is 0 Å². The van der Waals surface area contributed by atoms with Gasteiger partial charge in [-0.3, -0.25) is 0 Å². The third-order valence-corrected chi connectivity index (χ3v) is 3.80. The van der Waals surface area contributed by atoms with Gasteiger partial charge in [-0.05, 0) is 29.7 Å². The van der Waals surface area contributed by atoms with E-state index in [0.717, 1.165) is 34.4 Å². The Morgan fingerprint density at radius 1 is 1.05 bits per heavy atom. The van der Waals surface area contributed by atoms with Gasteiger partial charge in [0.05, 0.1) is 11.0 Å². The maximum atomic E-state index is 5.69. The second-order valence-corrected chi connectivity index (χ2v) is 5.07. The molecule has 0 unspecified atom stereocenters. The van der Waals surface area contributed by atoms with Crippen molar-refractivity contribution in [2.24, 2.45) is 12.8 Å². The van der Waals surface area contributed by atoms with Crippen LogP contribution in [-0.2, 0) is 20.0 Å². The third-order valence-electron chi connectivity index (χ3n) is 3.80. The molecule has 1 heterocycles. The predicted molar refractivity (Wildman–Crippen MR) is 83.4 cm³/mol. The van der Waals surface area contributed by atoms with Crippen molar-refractivity contribution >= 4 is 11.0 Å². The topological polar surface area (TPSA) is 43.8 Å². The molecular weight excluding hydrogens is 246 g/mol. The van der Waals surface area contributed by atoms with E-state index in [-0.39, 0.29) is 0 Å². The van der Waals surface area contributed by atoms with Gasteiger partial charge in [-0.1, -0.05) is 37.3 Å². The van der Waals surface area contributed by atoms with E-state index >= 15 is 0 Å². The largest absolute Gasteiger partial charge is 0.327 e. The average molecular weight is 265 g/mol. The van der Waals surface area contributed by atoms with E-state index in [1.165, 1.54) is 5.56 Å². The summed E-state index contributed by atoms with van der Waals surface area (Å²) < 4.78 is 2.14. The molecule has 2 N–H and O–H groups in total. The fourth-order valence-corrected chi connectivity index (χ4v) is 2.52. The van der Waals surface area contributed by atoms with Crippen LogP contribution in [0.15, 0.2) is 42.5 Å². The normalized spacial score (nSPS) is 11.2. The molecule has 1 aromatic heterocycles. The maximum Gasteiger partial charge on any atom is 0.140 e. The Hall–Kier alpha value is -2.13. The van der Waals surface area contributed by atoms with Crippen molar-refractivity contribution in [3.8, 4) is 11.4 Å². The number of benzene rings is 2. The molecule has 0 amide bonds. The van der Waals surface area contributed by atoms with Gasteiger partial charge < -0.3 is 10.3 Å². The van der Waals surface area contributed by atoms with Crippen molar-refractivity contribution in [1.29, 1.82) is 0 Å². The molecule has 0 bridgehead atoms. The van der Waals surface area contributed by atoms with Gasteiger partial charge in [0.15, 0.2) is 0 Å². The molecule has 2 aromatic carbocycles. The van der Waals surface area contributed by atoms with Crippen LogP contribution >= 0.6 is 0 Å². The Morgan fingerprint density at radius 3 is 2.40 bits per heavy atom. The van der Waals surface area contributed by atoms with Gasteiger partial charge >= 0.3 is 0 Å². The highest BCUT2D eigenvalue weighted by atomic mass is 15.1. The Balaban J connectivity index is 2.12. The molecule has 0 aliphatic heterocycles. The first kappa shape index (κ1) is 12.9. The Kier molecular flexibility index (Phi) is 3.28. The van der Waals surface area contributed by atoms with E-state index in [0.29, 0.717) is 6.54 Å². The summed E-state index contributed by atoms with van der Waals surface area (Å²) in [5.41, 5.74) is 11.4. The quantitative estimate of drug-likeness (QED) is 0.790. The average Bonchev–Trinajstić information content (AvgIpc) is 2.84. The number of nitrogens with zero attached hydrogens (tertiary/aromatic N) is 2. The second kappa shape index (κ2) is 5.10. The Bertz CT molecular complexity index is 739. The molecule has 0 fully saturated rings. The molecule has 3 rings (SSSR count). The first-order valence-corrected chi connectivity index (χ1v) is 6.97. The van der Waals surface area contributed by atoms with Gasteiger partial charge in [0, 0.05) is 19.2 Å². The minimum atomic E-state index is 0.549. The molecule has 102 valence electrons. The second-order valence-electron chi connectivity index (χ2n) is 5.07. The number of nitrogens with two attached hydrogens (primary N) is 1. The Morgan fingerprint density at radius 2 is 1.75 bits per heavy atom. The van der Waals surface area contributed by atoms with E-state index in [1.807, 2.05) is 0 Å². The smallest absolute Gasteiger partial charge is 0.140 e. The van der Waals surface area contributed by atoms with Crippen molar-refractivity contribution in [2.75, 3.05) is 0 Å². The van der Waals surface area contributed by atoms with Gasteiger partial charge in [-0.25, -0.2) is 4.98 Å². The molecule has 0 aliphatic rings. The van der Waals surface area contributed by atoms with Crippen LogP contribution in [0.4, 0.5) is 0 Å². The van der Waals surface area contributed by atoms with E-state index in [1.54, 1.807) is 0 Å². The molecule has 0 spiro atoms. The summed E-state index contributed by atoms with van der Waals surface area (Å²) in [5, 5.41) is 0. The van der Waals surface area contributed by atoms with E-state index in [9.17, 15) is 0 Å². The highest BCUT2D eigenvalue weighted by Crippen LogP contribution is 2.24. The first-order chi connectivity index (χ1) is 9.72. The van der Waals surface area contributed by atoms with Gasteiger partial charge in [0.1, 0.15) is 5.82 Å². The van der Waals surface area contributed by atoms with Crippen LogP contribution in [0.5, 0.6) is 0 Å². The summed E-state index contributed by atoms with van der Waals surface area (Å²) in [4.78, 5) is 4.75. The van der Waals surface area contributed by atoms with Crippen LogP contribution in [-0.4, -0.2) is 9.55 Å². The zero-order valence-corrected chi connectivity index (χ0v) is 11.9. The lowest BCUT2D eigenvalue weighted by molar-refractivity contribution is 0.958. The molecule has 3 heteroatoms. The van der Waals surface area contributed by atoms with Crippen LogP contribution in [0, 0.1) is 0 Å². The molecule has 3 aromatic rings. The monoisotopic (exact) mass is 265 g/mol. The number of hydrogen-bond acceptors (Lipinski definition) is 2. The number of imidazole rings is 1. The number of aryl methyl sites for hydroxylation is 2. The van der Waals surface area contributed by atoms with Gasteiger partial charge in [-0.15, -0.1) is 0 Å². The predicted octanol–water partition coefficient (Wildman–Crippen LogP) is 3.26. The van der Waals surface area contributed by atoms with Crippen molar-refractivity contribution < 1.29 is 0 Å². The molecule has 20 heavy (non-hydrogen) atoms. The van der Waals surface area contributed by atoms with Crippen LogP contribution < -0.4 is 5.73 Å². The van der Waals surface area contributed by atoms with Crippen molar-refractivity contribution in [1.82, 2.24) is 9.55 Å². The van der Waals surface area contributed by atoms with Crippen molar-refractivity contribution in [3.05, 3.63) is 53.6 Å². The SMILES string of the molecule is CCc1ccc(-c2nc3cc(CN)ccc3n2C)cc1. The molecule has 0 atom stereocenters. The summed E-state index contributed by atoms with van der Waals surface area (Å²) >= 11 is 0. The summed E-state index contributed by atoms with van der Waals surface area (Å²) in [6.45, 7) is 2.71. The lowest BCUT2D eigenvalue weighted by Crippen LogP contribution is -1.95. The van der Waals surface area contributed by atoms with Gasteiger partial charge in [0.2, 0.25) is 0 Å². The van der Waals surface area contributed by atoms with Crippen LogP contribution in [0.3, 0.4) is 0 Å².